The largest absolute Gasteiger partial charge is 0.480 e. The standard InChI is InChI=1S/C22H26N4O5S2/c1-3-4-5-6-17-7-11-19(12-8-17)32(27,28)25-18-9-13-20(14-10-18)33(29,30)26-21-15-16-22(31-2)24-23-21/h7-16,25H,3-6H2,1-2H3,(H,23,26). The lowest BCUT2D eigenvalue weighted by Crippen LogP contribution is -2.15. The zero-order valence-corrected chi connectivity index (χ0v) is 20.0. The van der Waals surface area contributed by atoms with E-state index in [4.69, 9.17) is 4.74 Å². The zero-order chi connectivity index (χ0) is 23.9. The van der Waals surface area contributed by atoms with Crippen LogP contribution < -0.4 is 14.2 Å². The van der Waals surface area contributed by atoms with Crippen LogP contribution in [0.2, 0.25) is 0 Å². The molecule has 9 nitrogen and oxygen atoms in total. The van der Waals surface area contributed by atoms with Crippen molar-refractivity contribution < 1.29 is 21.6 Å². The predicted octanol–water partition coefficient (Wildman–Crippen LogP) is 3.82. The second-order valence-electron chi connectivity index (χ2n) is 7.30. The van der Waals surface area contributed by atoms with E-state index in [1.165, 1.54) is 43.5 Å². The molecule has 0 aliphatic rings. The molecule has 0 atom stereocenters. The number of nitrogens with zero attached hydrogens (tertiary/aromatic N) is 2. The molecule has 33 heavy (non-hydrogen) atoms. The fraction of sp³-hybridized carbons (Fsp3) is 0.273. The first-order chi connectivity index (χ1) is 15.7. The molecule has 3 rings (SSSR count). The molecule has 0 saturated carbocycles. The Balaban J connectivity index is 1.67. The number of benzene rings is 2. The Hall–Kier alpha value is -3.18. The summed E-state index contributed by atoms with van der Waals surface area (Å²) >= 11 is 0. The molecule has 1 aromatic heterocycles. The Morgan fingerprint density at radius 1 is 0.758 bits per heavy atom. The molecule has 0 aliphatic heterocycles. The van der Waals surface area contributed by atoms with Crippen molar-refractivity contribution >= 4 is 31.6 Å². The maximum absolute atomic E-state index is 12.7. The van der Waals surface area contributed by atoms with E-state index in [0.717, 1.165) is 31.2 Å². The van der Waals surface area contributed by atoms with Crippen LogP contribution >= 0.6 is 0 Å². The van der Waals surface area contributed by atoms with Crippen molar-refractivity contribution in [1.29, 1.82) is 0 Å². The number of nitrogens with one attached hydrogen (secondary N) is 2. The van der Waals surface area contributed by atoms with E-state index >= 15 is 0 Å². The molecule has 3 aromatic rings. The van der Waals surface area contributed by atoms with Gasteiger partial charge in [0.2, 0.25) is 5.88 Å². The molecule has 176 valence electrons. The first-order valence-electron chi connectivity index (χ1n) is 10.4. The Morgan fingerprint density at radius 2 is 1.36 bits per heavy atom. The summed E-state index contributed by atoms with van der Waals surface area (Å²) in [6.45, 7) is 2.13. The number of aromatic nitrogens is 2. The molecule has 11 heteroatoms. The summed E-state index contributed by atoms with van der Waals surface area (Å²) < 4.78 is 60.1. The first kappa shape index (κ1) is 24.5. The fourth-order valence-corrected chi connectivity index (χ4v) is 5.07. The average molecular weight is 491 g/mol. The van der Waals surface area contributed by atoms with Crippen LogP contribution in [-0.2, 0) is 26.5 Å². The van der Waals surface area contributed by atoms with Crippen LogP contribution in [0.1, 0.15) is 31.7 Å². The number of sulfonamides is 2. The van der Waals surface area contributed by atoms with Gasteiger partial charge in [-0.1, -0.05) is 31.9 Å². The fourth-order valence-electron chi connectivity index (χ4n) is 3.01. The van der Waals surface area contributed by atoms with Gasteiger partial charge in [0, 0.05) is 11.8 Å². The van der Waals surface area contributed by atoms with Gasteiger partial charge in [-0.05, 0) is 60.9 Å². The molecule has 0 amide bonds. The molecule has 1 heterocycles. The second-order valence-corrected chi connectivity index (χ2v) is 10.7. The summed E-state index contributed by atoms with van der Waals surface area (Å²) in [5.41, 5.74) is 1.33. The topological polar surface area (TPSA) is 127 Å². The van der Waals surface area contributed by atoms with Crippen molar-refractivity contribution in [3.05, 3.63) is 66.2 Å². The van der Waals surface area contributed by atoms with Crippen LogP contribution in [0.25, 0.3) is 0 Å². The highest BCUT2D eigenvalue weighted by atomic mass is 32.2. The van der Waals surface area contributed by atoms with E-state index in [2.05, 4.69) is 26.6 Å². The highest BCUT2D eigenvalue weighted by Crippen LogP contribution is 2.21. The maximum Gasteiger partial charge on any atom is 0.263 e. The summed E-state index contributed by atoms with van der Waals surface area (Å²) in [7, 11) is -6.31. The van der Waals surface area contributed by atoms with E-state index in [1.807, 2.05) is 12.1 Å². The molecule has 0 fully saturated rings. The van der Waals surface area contributed by atoms with Crippen molar-refractivity contribution in [1.82, 2.24) is 10.2 Å². The van der Waals surface area contributed by atoms with E-state index < -0.39 is 20.0 Å². The molecular formula is C22H26N4O5S2. The Labute approximate surface area is 194 Å². The monoisotopic (exact) mass is 490 g/mol. The van der Waals surface area contributed by atoms with Crippen LogP contribution in [0, 0.1) is 0 Å². The Kier molecular flexibility index (Phi) is 7.88. The van der Waals surface area contributed by atoms with Crippen LogP contribution in [0.3, 0.4) is 0 Å². The highest BCUT2D eigenvalue weighted by molar-refractivity contribution is 7.93. The number of methoxy groups -OCH3 is 1. The zero-order valence-electron chi connectivity index (χ0n) is 18.4. The third kappa shape index (κ3) is 6.65. The van der Waals surface area contributed by atoms with Gasteiger partial charge in [0.25, 0.3) is 20.0 Å². The highest BCUT2D eigenvalue weighted by Gasteiger charge is 2.17. The van der Waals surface area contributed by atoms with Crippen molar-refractivity contribution in [3.63, 3.8) is 0 Å². The Bertz CT molecular complexity index is 1260. The molecule has 0 spiro atoms. The average Bonchev–Trinajstić information content (AvgIpc) is 2.80. The van der Waals surface area contributed by atoms with Gasteiger partial charge in [0.15, 0.2) is 5.82 Å². The van der Waals surface area contributed by atoms with Crippen LogP contribution in [0.15, 0.2) is 70.5 Å². The van der Waals surface area contributed by atoms with Crippen molar-refractivity contribution in [2.24, 2.45) is 0 Å². The molecule has 0 bridgehead atoms. The minimum Gasteiger partial charge on any atom is -0.480 e. The number of ether oxygens (including phenoxy) is 1. The molecule has 0 saturated heterocycles. The molecule has 0 radical (unpaired) electrons. The van der Waals surface area contributed by atoms with Crippen molar-refractivity contribution in [2.75, 3.05) is 16.6 Å². The van der Waals surface area contributed by atoms with Gasteiger partial charge in [-0.3, -0.25) is 9.44 Å². The maximum atomic E-state index is 12.7. The molecule has 2 aromatic carbocycles. The smallest absolute Gasteiger partial charge is 0.263 e. The molecule has 0 aliphatic carbocycles. The summed E-state index contributed by atoms with van der Waals surface area (Å²) in [6, 6.07) is 15.0. The van der Waals surface area contributed by atoms with Crippen LogP contribution in [-0.4, -0.2) is 34.1 Å². The Morgan fingerprint density at radius 3 is 1.91 bits per heavy atom. The number of unbranched alkanes of at least 4 members (excludes halogenated alkanes) is 2. The van der Waals surface area contributed by atoms with E-state index in [-0.39, 0.29) is 27.2 Å². The van der Waals surface area contributed by atoms with Gasteiger partial charge in [-0.2, -0.15) is 0 Å². The lowest BCUT2D eigenvalue weighted by atomic mass is 10.1. The molecule has 2 N–H and O–H groups in total. The number of aryl methyl sites for hydroxylation is 1. The molecular weight excluding hydrogens is 464 g/mol. The van der Waals surface area contributed by atoms with Crippen LogP contribution in [0.5, 0.6) is 5.88 Å². The van der Waals surface area contributed by atoms with Crippen LogP contribution in [0.4, 0.5) is 11.5 Å². The third-order valence-corrected chi connectivity index (χ3v) is 7.58. The number of anilines is 2. The van der Waals surface area contributed by atoms with E-state index in [1.54, 1.807) is 12.1 Å². The lowest BCUT2D eigenvalue weighted by Gasteiger charge is -2.11. The number of hydrogen-bond acceptors (Lipinski definition) is 7. The van der Waals surface area contributed by atoms with Gasteiger partial charge in [-0.15, -0.1) is 10.2 Å². The second kappa shape index (κ2) is 10.6. The first-order valence-corrected chi connectivity index (χ1v) is 13.3. The van der Waals surface area contributed by atoms with Gasteiger partial charge in [0.05, 0.1) is 16.9 Å². The minimum absolute atomic E-state index is 0.0266. The third-order valence-electron chi connectivity index (χ3n) is 4.81. The van der Waals surface area contributed by atoms with Gasteiger partial charge >= 0.3 is 0 Å². The SMILES string of the molecule is CCCCCc1ccc(S(=O)(=O)Nc2ccc(S(=O)(=O)Nc3ccc(OC)nn3)cc2)cc1. The lowest BCUT2D eigenvalue weighted by molar-refractivity contribution is 0.392. The number of hydrogen-bond donors (Lipinski definition) is 2. The normalized spacial score (nSPS) is 11.7. The summed E-state index contributed by atoms with van der Waals surface area (Å²) in [5, 5.41) is 7.44. The van der Waals surface area contributed by atoms with Gasteiger partial charge in [0.1, 0.15) is 0 Å². The quantitative estimate of drug-likeness (QED) is 0.391. The van der Waals surface area contributed by atoms with Crippen molar-refractivity contribution in [2.45, 2.75) is 42.4 Å². The van der Waals surface area contributed by atoms with Crippen molar-refractivity contribution in [3.8, 4) is 5.88 Å². The molecule has 0 unspecified atom stereocenters. The van der Waals surface area contributed by atoms with E-state index in [0.29, 0.717) is 0 Å². The van der Waals surface area contributed by atoms with Gasteiger partial charge < -0.3 is 4.74 Å². The summed E-state index contributed by atoms with van der Waals surface area (Å²) in [4.78, 5) is 0.0812. The van der Waals surface area contributed by atoms with Gasteiger partial charge in [-0.25, -0.2) is 16.8 Å². The minimum atomic E-state index is -3.93. The predicted molar refractivity (Wildman–Crippen MR) is 126 cm³/mol. The van der Waals surface area contributed by atoms with E-state index in [9.17, 15) is 16.8 Å². The number of rotatable bonds is 11. The summed E-state index contributed by atoms with van der Waals surface area (Å²) in [5.74, 6) is 0.277. The summed E-state index contributed by atoms with van der Waals surface area (Å²) in [6.07, 6.45) is 4.24.